The maximum Gasteiger partial charge on any atom is 0.275 e. The summed E-state index contributed by atoms with van der Waals surface area (Å²) in [6.07, 6.45) is 1.53. The lowest BCUT2D eigenvalue weighted by Gasteiger charge is -2.12. The summed E-state index contributed by atoms with van der Waals surface area (Å²) >= 11 is 6.17. The number of nitrogens with one attached hydrogen (secondary N) is 1. The van der Waals surface area contributed by atoms with E-state index in [0.717, 1.165) is 16.7 Å². The van der Waals surface area contributed by atoms with E-state index in [0.29, 0.717) is 34.4 Å². The van der Waals surface area contributed by atoms with Gasteiger partial charge in [0.1, 0.15) is 12.4 Å². The number of carbonyl (C=O) groups excluding carboxylic acids is 1. The molecule has 0 heterocycles. The molecule has 0 fully saturated rings. The Labute approximate surface area is 186 Å². The van der Waals surface area contributed by atoms with E-state index in [1.54, 1.807) is 31.4 Å². The van der Waals surface area contributed by atoms with Crippen molar-refractivity contribution in [3.05, 3.63) is 87.9 Å². The minimum atomic E-state index is -0.361. The fourth-order valence-electron chi connectivity index (χ4n) is 2.87. The molecular formula is C24H23ClN2O4. The number of benzene rings is 3. The van der Waals surface area contributed by atoms with Crippen molar-refractivity contribution in [2.24, 2.45) is 5.10 Å². The monoisotopic (exact) mass is 438 g/mol. The molecule has 0 aliphatic heterocycles. The van der Waals surface area contributed by atoms with Crippen LogP contribution in [0.3, 0.4) is 0 Å². The molecule has 0 aromatic heterocycles. The van der Waals surface area contributed by atoms with Crippen LogP contribution in [0.4, 0.5) is 0 Å². The number of hydrogen-bond donors (Lipinski definition) is 1. The van der Waals surface area contributed by atoms with Crippen molar-refractivity contribution in [2.45, 2.75) is 13.5 Å². The van der Waals surface area contributed by atoms with Crippen LogP contribution in [0, 0.1) is 6.92 Å². The standard InChI is InChI=1S/C24H23ClN2O4/c1-16-8-10-19(22(12-16)29-2)24(28)27-26-14-17-9-11-21(23(13-17)30-3)31-15-18-6-4-5-7-20(18)25/h4-14H,15H2,1-3H3,(H,27,28)/b26-14-. The number of ether oxygens (including phenoxy) is 3. The summed E-state index contributed by atoms with van der Waals surface area (Å²) in [5.41, 5.74) is 5.53. The van der Waals surface area contributed by atoms with Crippen molar-refractivity contribution < 1.29 is 19.0 Å². The van der Waals surface area contributed by atoms with Gasteiger partial charge in [-0.15, -0.1) is 0 Å². The Kier molecular flexibility index (Phi) is 7.51. The van der Waals surface area contributed by atoms with Crippen molar-refractivity contribution in [1.29, 1.82) is 0 Å². The first-order valence-corrected chi connectivity index (χ1v) is 9.92. The zero-order valence-corrected chi connectivity index (χ0v) is 18.3. The number of methoxy groups -OCH3 is 2. The second-order valence-electron chi connectivity index (χ2n) is 6.69. The Morgan fingerprint density at radius 3 is 2.52 bits per heavy atom. The number of halogens is 1. The molecule has 0 spiro atoms. The molecule has 0 saturated carbocycles. The third kappa shape index (κ3) is 5.77. The van der Waals surface area contributed by atoms with Gasteiger partial charge in [0, 0.05) is 10.6 Å². The minimum absolute atomic E-state index is 0.317. The van der Waals surface area contributed by atoms with Crippen LogP contribution in [0.1, 0.15) is 27.0 Å². The van der Waals surface area contributed by atoms with Crippen molar-refractivity contribution in [1.82, 2.24) is 5.43 Å². The summed E-state index contributed by atoms with van der Waals surface area (Å²) in [5.74, 6) is 1.25. The normalized spacial score (nSPS) is 10.7. The zero-order valence-electron chi connectivity index (χ0n) is 17.5. The largest absolute Gasteiger partial charge is 0.496 e. The molecule has 0 aliphatic rings. The van der Waals surface area contributed by atoms with Crippen molar-refractivity contribution >= 4 is 23.7 Å². The summed E-state index contributed by atoms with van der Waals surface area (Å²) < 4.78 is 16.5. The second kappa shape index (κ2) is 10.5. The molecule has 0 bridgehead atoms. The molecule has 3 aromatic rings. The molecule has 7 heteroatoms. The molecule has 0 saturated heterocycles. The average molecular weight is 439 g/mol. The highest BCUT2D eigenvalue weighted by Gasteiger charge is 2.11. The second-order valence-corrected chi connectivity index (χ2v) is 7.10. The van der Waals surface area contributed by atoms with Crippen LogP contribution in [0.5, 0.6) is 17.2 Å². The van der Waals surface area contributed by atoms with Gasteiger partial charge in [-0.1, -0.05) is 35.9 Å². The summed E-state index contributed by atoms with van der Waals surface area (Å²) in [7, 11) is 3.08. The van der Waals surface area contributed by atoms with Gasteiger partial charge < -0.3 is 14.2 Å². The van der Waals surface area contributed by atoms with Crippen LogP contribution < -0.4 is 19.6 Å². The van der Waals surface area contributed by atoms with E-state index in [4.69, 9.17) is 25.8 Å². The third-order valence-corrected chi connectivity index (χ3v) is 4.88. The summed E-state index contributed by atoms with van der Waals surface area (Å²) in [6.45, 7) is 2.25. The molecule has 160 valence electrons. The van der Waals surface area contributed by atoms with Gasteiger partial charge in [0.25, 0.3) is 5.91 Å². The summed E-state index contributed by atoms with van der Waals surface area (Å²) in [6, 6.07) is 18.2. The Bertz CT molecular complexity index is 1100. The predicted molar refractivity (Wildman–Crippen MR) is 122 cm³/mol. The van der Waals surface area contributed by atoms with Crippen LogP contribution in [0.25, 0.3) is 0 Å². The minimum Gasteiger partial charge on any atom is -0.496 e. The highest BCUT2D eigenvalue weighted by atomic mass is 35.5. The lowest BCUT2D eigenvalue weighted by molar-refractivity contribution is 0.0952. The van der Waals surface area contributed by atoms with Crippen LogP contribution in [-0.4, -0.2) is 26.3 Å². The van der Waals surface area contributed by atoms with Gasteiger partial charge in [-0.25, -0.2) is 5.43 Å². The molecule has 31 heavy (non-hydrogen) atoms. The van der Waals surface area contributed by atoms with Gasteiger partial charge in [-0.2, -0.15) is 5.10 Å². The van der Waals surface area contributed by atoms with E-state index in [9.17, 15) is 4.79 Å². The predicted octanol–water partition coefficient (Wildman–Crippen LogP) is 5.01. The number of aryl methyl sites for hydroxylation is 1. The Balaban J connectivity index is 1.66. The maximum atomic E-state index is 12.4. The summed E-state index contributed by atoms with van der Waals surface area (Å²) in [5, 5.41) is 4.68. The first kappa shape index (κ1) is 22.2. The van der Waals surface area contributed by atoms with E-state index in [1.165, 1.54) is 13.3 Å². The van der Waals surface area contributed by atoms with Crippen LogP contribution in [-0.2, 0) is 6.61 Å². The van der Waals surface area contributed by atoms with Gasteiger partial charge in [0.2, 0.25) is 0 Å². The third-order valence-electron chi connectivity index (χ3n) is 4.51. The van der Waals surface area contributed by atoms with E-state index in [2.05, 4.69) is 10.5 Å². The van der Waals surface area contributed by atoms with Crippen molar-refractivity contribution in [3.8, 4) is 17.2 Å². The molecule has 6 nitrogen and oxygen atoms in total. The van der Waals surface area contributed by atoms with Gasteiger partial charge in [-0.3, -0.25) is 4.79 Å². The molecule has 0 unspecified atom stereocenters. The van der Waals surface area contributed by atoms with Crippen LogP contribution in [0.15, 0.2) is 65.8 Å². The first-order chi connectivity index (χ1) is 15.0. The number of hydrazone groups is 1. The molecular weight excluding hydrogens is 416 g/mol. The van der Waals surface area contributed by atoms with E-state index in [-0.39, 0.29) is 5.91 Å². The summed E-state index contributed by atoms with van der Waals surface area (Å²) in [4.78, 5) is 12.4. The van der Waals surface area contributed by atoms with Gasteiger partial charge in [0.05, 0.1) is 26.0 Å². The number of nitrogens with zero attached hydrogens (tertiary/aromatic N) is 1. The zero-order chi connectivity index (χ0) is 22.2. The Hall–Kier alpha value is -3.51. The molecule has 0 aliphatic carbocycles. The number of rotatable bonds is 8. The fraction of sp³-hybridized carbons (Fsp3) is 0.167. The SMILES string of the molecule is COc1cc(/C=N\NC(=O)c2ccc(C)cc2OC)ccc1OCc1ccccc1Cl. The number of amides is 1. The number of hydrogen-bond acceptors (Lipinski definition) is 5. The van der Waals surface area contributed by atoms with Gasteiger partial charge >= 0.3 is 0 Å². The highest BCUT2D eigenvalue weighted by molar-refractivity contribution is 6.31. The van der Waals surface area contributed by atoms with Crippen molar-refractivity contribution in [2.75, 3.05) is 14.2 Å². The quantitative estimate of drug-likeness (QED) is 0.396. The van der Waals surface area contributed by atoms with E-state index in [1.807, 2.05) is 43.3 Å². The van der Waals surface area contributed by atoms with Crippen LogP contribution >= 0.6 is 11.6 Å². The highest BCUT2D eigenvalue weighted by Crippen LogP contribution is 2.29. The molecule has 3 rings (SSSR count). The van der Waals surface area contributed by atoms with E-state index < -0.39 is 0 Å². The Morgan fingerprint density at radius 2 is 1.77 bits per heavy atom. The Morgan fingerprint density at radius 1 is 1.00 bits per heavy atom. The lowest BCUT2D eigenvalue weighted by atomic mass is 10.1. The van der Waals surface area contributed by atoms with Gasteiger partial charge in [0.15, 0.2) is 11.5 Å². The molecule has 1 N–H and O–H groups in total. The van der Waals surface area contributed by atoms with E-state index >= 15 is 0 Å². The smallest absolute Gasteiger partial charge is 0.275 e. The molecule has 1 amide bonds. The molecule has 0 atom stereocenters. The molecule has 0 radical (unpaired) electrons. The molecule has 3 aromatic carbocycles. The fourth-order valence-corrected chi connectivity index (χ4v) is 3.06. The lowest BCUT2D eigenvalue weighted by Crippen LogP contribution is -2.18. The van der Waals surface area contributed by atoms with Gasteiger partial charge in [-0.05, 0) is 54.4 Å². The topological polar surface area (TPSA) is 69.2 Å². The maximum absolute atomic E-state index is 12.4. The number of carbonyl (C=O) groups is 1. The van der Waals surface area contributed by atoms with Crippen LogP contribution in [0.2, 0.25) is 5.02 Å². The van der Waals surface area contributed by atoms with Crippen molar-refractivity contribution in [3.63, 3.8) is 0 Å². The average Bonchev–Trinajstić information content (AvgIpc) is 2.78. The first-order valence-electron chi connectivity index (χ1n) is 9.54.